The number of carbonyl (C=O) groups excluding carboxylic acids is 1. The Morgan fingerprint density at radius 1 is 1.23 bits per heavy atom. The number of hydrazone groups is 1. The molecule has 0 unspecified atom stereocenters. The van der Waals surface area contributed by atoms with Gasteiger partial charge in [-0.2, -0.15) is 5.10 Å². The summed E-state index contributed by atoms with van der Waals surface area (Å²) in [6, 6.07) is 13.5. The van der Waals surface area contributed by atoms with Crippen LogP contribution >= 0.6 is 0 Å². The Hall–Kier alpha value is -3.08. The average Bonchev–Trinajstić information content (AvgIpc) is 2.54. The minimum atomic E-state index is -0.472. The zero-order valence-corrected chi connectivity index (χ0v) is 11.9. The van der Waals surface area contributed by atoms with Crippen molar-refractivity contribution in [3.8, 4) is 11.5 Å². The van der Waals surface area contributed by atoms with Crippen LogP contribution in [-0.2, 0) is 0 Å². The summed E-state index contributed by atoms with van der Waals surface area (Å²) in [6.07, 6.45) is 3.18. The van der Waals surface area contributed by atoms with Crippen LogP contribution in [0.5, 0.6) is 11.5 Å². The quantitative estimate of drug-likeness (QED) is 0.489. The van der Waals surface area contributed by atoms with Gasteiger partial charge in [-0.3, -0.25) is 4.79 Å². The molecule has 0 atom stereocenters. The number of nitrogens with one attached hydrogen (secondary N) is 1. The van der Waals surface area contributed by atoms with Gasteiger partial charge in [0.25, 0.3) is 5.91 Å². The third-order valence-electron chi connectivity index (χ3n) is 2.78. The highest BCUT2D eigenvalue weighted by Gasteiger charge is 2.08. The van der Waals surface area contributed by atoms with Crippen molar-refractivity contribution in [2.75, 3.05) is 6.61 Å². The summed E-state index contributed by atoms with van der Waals surface area (Å²) < 4.78 is 5.36. The van der Waals surface area contributed by atoms with Gasteiger partial charge in [0.1, 0.15) is 18.1 Å². The molecule has 2 aromatic rings. The molecule has 2 rings (SSSR count). The van der Waals surface area contributed by atoms with Crippen molar-refractivity contribution >= 4 is 12.1 Å². The number of rotatable bonds is 6. The van der Waals surface area contributed by atoms with E-state index in [2.05, 4.69) is 17.1 Å². The highest BCUT2D eigenvalue weighted by Crippen LogP contribution is 2.15. The van der Waals surface area contributed by atoms with Crippen LogP contribution in [0.1, 0.15) is 15.9 Å². The van der Waals surface area contributed by atoms with Gasteiger partial charge in [-0.15, -0.1) is 0 Å². The Bertz CT molecular complexity index is 679. The summed E-state index contributed by atoms with van der Waals surface area (Å²) in [5.41, 5.74) is 3.35. The normalized spacial score (nSPS) is 10.4. The van der Waals surface area contributed by atoms with Crippen LogP contribution in [0.25, 0.3) is 0 Å². The number of hydrogen-bond acceptors (Lipinski definition) is 4. The lowest BCUT2D eigenvalue weighted by atomic mass is 10.2. The summed E-state index contributed by atoms with van der Waals surface area (Å²) in [5.74, 6) is 0.175. The fraction of sp³-hybridized carbons (Fsp3) is 0.0588. The van der Waals surface area contributed by atoms with E-state index in [9.17, 15) is 9.90 Å². The topological polar surface area (TPSA) is 70.9 Å². The maximum atomic E-state index is 11.8. The molecule has 0 heterocycles. The van der Waals surface area contributed by atoms with E-state index in [0.717, 1.165) is 11.3 Å². The lowest BCUT2D eigenvalue weighted by molar-refractivity contribution is 0.0952. The molecule has 0 saturated carbocycles. The van der Waals surface area contributed by atoms with E-state index in [1.165, 1.54) is 18.3 Å². The van der Waals surface area contributed by atoms with Crippen LogP contribution in [0, 0.1) is 0 Å². The predicted molar refractivity (Wildman–Crippen MR) is 85.3 cm³/mol. The average molecular weight is 296 g/mol. The molecule has 0 aliphatic heterocycles. The van der Waals surface area contributed by atoms with Gasteiger partial charge >= 0.3 is 0 Å². The van der Waals surface area contributed by atoms with Crippen LogP contribution in [0.4, 0.5) is 0 Å². The number of hydrogen-bond donors (Lipinski definition) is 2. The van der Waals surface area contributed by atoms with Crippen LogP contribution in [0.15, 0.2) is 66.3 Å². The standard InChI is InChI=1S/C17H16N2O3/c1-2-11-22-14-9-7-13(8-10-14)12-18-19-17(21)15-5-3-4-6-16(15)20/h2-10,12,20H,1,11H2,(H,19,21)/b18-12+. The number of nitrogens with zero attached hydrogens (tertiary/aromatic N) is 1. The van der Waals surface area contributed by atoms with Gasteiger partial charge in [0.05, 0.1) is 11.8 Å². The monoisotopic (exact) mass is 296 g/mol. The van der Waals surface area contributed by atoms with Crippen molar-refractivity contribution in [3.63, 3.8) is 0 Å². The molecule has 0 saturated heterocycles. The minimum Gasteiger partial charge on any atom is -0.507 e. The summed E-state index contributed by atoms with van der Waals surface area (Å²) in [5, 5.41) is 13.4. The number of phenols is 1. The molecule has 5 heteroatoms. The maximum Gasteiger partial charge on any atom is 0.275 e. The Morgan fingerprint density at radius 3 is 2.64 bits per heavy atom. The molecule has 0 fully saturated rings. The molecule has 22 heavy (non-hydrogen) atoms. The number of phenolic OH excluding ortho intramolecular Hbond substituents is 1. The molecule has 1 amide bonds. The van der Waals surface area contributed by atoms with Crippen molar-refractivity contribution in [1.29, 1.82) is 0 Å². The van der Waals surface area contributed by atoms with E-state index in [1.807, 2.05) is 12.1 Å². The molecule has 0 aromatic heterocycles. The van der Waals surface area contributed by atoms with E-state index < -0.39 is 5.91 Å². The Morgan fingerprint density at radius 2 is 1.95 bits per heavy atom. The largest absolute Gasteiger partial charge is 0.507 e. The molecule has 0 aliphatic carbocycles. The van der Waals surface area contributed by atoms with Gasteiger partial charge in [-0.1, -0.05) is 24.8 Å². The van der Waals surface area contributed by atoms with Crippen molar-refractivity contribution in [2.24, 2.45) is 5.10 Å². The first kappa shape index (κ1) is 15.3. The summed E-state index contributed by atoms with van der Waals surface area (Å²) in [4.78, 5) is 11.8. The third kappa shape index (κ3) is 4.21. The Balaban J connectivity index is 1.93. The second-order valence-corrected chi connectivity index (χ2v) is 4.38. The summed E-state index contributed by atoms with van der Waals surface area (Å²) in [7, 11) is 0. The number of amides is 1. The van der Waals surface area contributed by atoms with Gasteiger partial charge < -0.3 is 9.84 Å². The SMILES string of the molecule is C=CCOc1ccc(/C=N/NC(=O)c2ccccc2O)cc1. The fourth-order valence-electron chi connectivity index (χ4n) is 1.70. The minimum absolute atomic E-state index is 0.0843. The third-order valence-corrected chi connectivity index (χ3v) is 2.78. The molecule has 0 spiro atoms. The lowest BCUT2D eigenvalue weighted by Gasteiger charge is -2.03. The molecule has 112 valence electrons. The molecule has 0 aliphatic rings. The maximum absolute atomic E-state index is 11.8. The molecule has 2 aromatic carbocycles. The van der Waals surface area contributed by atoms with Crippen LogP contribution in [-0.4, -0.2) is 23.8 Å². The van der Waals surface area contributed by atoms with E-state index in [0.29, 0.717) is 6.61 Å². The van der Waals surface area contributed by atoms with E-state index in [4.69, 9.17) is 4.74 Å². The Labute approximate surface area is 128 Å². The van der Waals surface area contributed by atoms with Crippen molar-refractivity contribution in [3.05, 3.63) is 72.3 Å². The van der Waals surface area contributed by atoms with Crippen LogP contribution in [0.3, 0.4) is 0 Å². The van der Waals surface area contributed by atoms with E-state index in [1.54, 1.807) is 30.3 Å². The van der Waals surface area contributed by atoms with Crippen LogP contribution in [0.2, 0.25) is 0 Å². The van der Waals surface area contributed by atoms with Gasteiger partial charge in [0.15, 0.2) is 0 Å². The van der Waals surface area contributed by atoms with Crippen molar-refractivity contribution in [1.82, 2.24) is 5.43 Å². The second-order valence-electron chi connectivity index (χ2n) is 4.38. The van der Waals surface area contributed by atoms with Crippen LogP contribution < -0.4 is 10.2 Å². The Kier molecular flexibility index (Phi) is 5.31. The van der Waals surface area contributed by atoms with E-state index >= 15 is 0 Å². The molecule has 0 bridgehead atoms. The first-order chi connectivity index (χ1) is 10.7. The van der Waals surface area contributed by atoms with E-state index in [-0.39, 0.29) is 11.3 Å². The summed E-state index contributed by atoms with van der Waals surface area (Å²) in [6.45, 7) is 4.03. The van der Waals surface area contributed by atoms with Crippen molar-refractivity contribution < 1.29 is 14.6 Å². The fourth-order valence-corrected chi connectivity index (χ4v) is 1.70. The smallest absolute Gasteiger partial charge is 0.275 e. The first-order valence-corrected chi connectivity index (χ1v) is 6.66. The predicted octanol–water partition coefficient (Wildman–Crippen LogP) is 2.72. The van der Waals surface area contributed by atoms with Gasteiger partial charge in [0.2, 0.25) is 0 Å². The number of benzene rings is 2. The van der Waals surface area contributed by atoms with Gasteiger partial charge in [0, 0.05) is 0 Å². The highest BCUT2D eigenvalue weighted by molar-refractivity contribution is 5.97. The zero-order valence-electron chi connectivity index (χ0n) is 11.9. The second kappa shape index (κ2) is 7.64. The molecule has 5 nitrogen and oxygen atoms in total. The van der Waals surface area contributed by atoms with Gasteiger partial charge in [-0.25, -0.2) is 5.43 Å². The highest BCUT2D eigenvalue weighted by atomic mass is 16.5. The molecule has 0 radical (unpaired) electrons. The number of aromatic hydroxyl groups is 1. The molecule has 2 N–H and O–H groups in total. The van der Waals surface area contributed by atoms with Crippen molar-refractivity contribution in [2.45, 2.75) is 0 Å². The number of para-hydroxylation sites is 1. The number of carbonyl (C=O) groups is 1. The molecular formula is C17H16N2O3. The zero-order chi connectivity index (χ0) is 15.8. The lowest BCUT2D eigenvalue weighted by Crippen LogP contribution is -2.17. The number of ether oxygens (including phenoxy) is 1. The molecular weight excluding hydrogens is 280 g/mol. The summed E-state index contributed by atoms with van der Waals surface area (Å²) >= 11 is 0. The first-order valence-electron chi connectivity index (χ1n) is 6.66. The van der Waals surface area contributed by atoms with Gasteiger partial charge in [-0.05, 0) is 42.0 Å².